The first-order valence-electron chi connectivity index (χ1n) is 9.05. The molecule has 1 aliphatic heterocycles. The van der Waals surface area contributed by atoms with Crippen LogP contribution in [0, 0.1) is 6.92 Å². The van der Waals surface area contributed by atoms with Gasteiger partial charge in [-0.2, -0.15) is 0 Å². The van der Waals surface area contributed by atoms with Crippen molar-refractivity contribution in [3.05, 3.63) is 70.7 Å². The Labute approximate surface area is 167 Å². The minimum absolute atomic E-state index is 0.0797. The van der Waals surface area contributed by atoms with Crippen LogP contribution in [-0.4, -0.2) is 23.0 Å². The molecule has 2 N–H and O–H groups in total. The van der Waals surface area contributed by atoms with Gasteiger partial charge in [-0.25, -0.2) is 9.78 Å². The van der Waals surface area contributed by atoms with E-state index in [2.05, 4.69) is 21.7 Å². The van der Waals surface area contributed by atoms with Crippen molar-refractivity contribution in [3.8, 4) is 0 Å². The third-order valence-electron chi connectivity index (χ3n) is 4.67. The standard InChI is InChI=1S/C21H20N4O2S/c1-13-12-15-8-6-7-11-17(15)25(13)19(26)18-14(2)22-21(28-18)24-20(27)23-16-9-4-3-5-10-16/h3-11,13H,12H2,1-2H3,(H2,22,23,24,27). The molecule has 0 spiro atoms. The first-order valence-corrected chi connectivity index (χ1v) is 9.86. The summed E-state index contributed by atoms with van der Waals surface area (Å²) in [6.45, 7) is 3.83. The van der Waals surface area contributed by atoms with Crippen LogP contribution in [-0.2, 0) is 6.42 Å². The predicted octanol–water partition coefficient (Wildman–Crippen LogP) is 4.69. The molecule has 3 amide bonds. The number of para-hydroxylation sites is 2. The number of nitrogens with zero attached hydrogens (tertiary/aromatic N) is 2. The number of fused-ring (bicyclic) bond motifs is 1. The van der Waals surface area contributed by atoms with Crippen LogP contribution in [0.2, 0.25) is 0 Å². The summed E-state index contributed by atoms with van der Waals surface area (Å²) in [5.41, 5.74) is 3.42. The summed E-state index contributed by atoms with van der Waals surface area (Å²) in [4.78, 5) is 32.1. The van der Waals surface area contributed by atoms with E-state index in [-0.39, 0.29) is 18.0 Å². The highest BCUT2D eigenvalue weighted by atomic mass is 32.1. The number of anilines is 3. The van der Waals surface area contributed by atoms with Gasteiger partial charge in [-0.05, 0) is 44.0 Å². The van der Waals surface area contributed by atoms with Gasteiger partial charge >= 0.3 is 6.03 Å². The molecule has 0 bridgehead atoms. The largest absolute Gasteiger partial charge is 0.325 e. The number of carbonyl (C=O) groups is 2. The van der Waals surface area contributed by atoms with Crippen molar-refractivity contribution >= 4 is 39.8 Å². The SMILES string of the molecule is Cc1nc(NC(=O)Nc2ccccc2)sc1C(=O)N1c2ccccc2CC1C. The number of aryl methyl sites for hydroxylation is 1. The van der Waals surface area contributed by atoms with Gasteiger partial charge in [-0.3, -0.25) is 10.1 Å². The molecule has 0 saturated heterocycles. The summed E-state index contributed by atoms with van der Waals surface area (Å²) < 4.78 is 0. The van der Waals surface area contributed by atoms with Crippen molar-refractivity contribution in [3.63, 3.8) is 0 Å². The van der Waals surface area contributed by atoms with Crippen LogP contribution < -0.4 is 15.5 Å². The summed E-state index contributed by atoms with van der Waals surface area (Å²) in [6.07, 6.45) is 0.838. The Bertz CT molecular complexity index is 1030. The first-order chi connectivity index (χ1) is 13.5. The molecule has 2 aromatic carbocycles. The van der Waals surface area contributed by atoms with E-state index in [0.717, 1.165) is 12.1 Å². The minimum atomic E-state index is -0.390. The van der Waals surface area contributed by atoms with Gasteiger partial charge in [0.05, 0.1) is 5.69 Å². The van der Waals surface area contributed by atoms with Gasteiger partial charge < -0.3 is 10.2 Å². The zero-order chi connectivity index (χ0) is 19.7. The maximum Gasteiger partial charge on any atom is 0.325 e. The van der Waals surface area contributed by atoms with Crippen molar-refractivity contribution in [2.45, 2.75) is 26.3 Å². The molecule has 142 valence electrons. The normalized spacial score (nSPS) is 15.2. The third-order valence-corrected chi connectivity index (χ3v) is 5.73. The van der Waals surface area contributed by atoms with Crippen LogP contribution in [0.5, 0.6) is 0 Å². The molecule has 7 heteroatoms. The molecule has 1 aromatic heterocycles. The quantitative estimate of drug-likeness (QED) is 0.679. The Morgan fingerprint density at radius 3 is 2.57 bits per heavy atom. The van der Waals surface area contributed by atoms with Gasteiger partial charge in [-0.1, -0.05) is 47.7 Å². The van der Waals surface area contributed by atoms with Crippen LogP contribution in [0.1, 0.15) is 27.9 Å². The number of rotatable bonds is 3. The second-order valence-electron chi connectivity index (χ2n) is 6.74. The molecular weight excluding hydrogens is 372 g/mol. The molecule has 0 aliphatic carbocycles. The fourth-order valence-electron chi connectivity index (χ4n) is 3.41. The van der Waals surface area contributed by atoms with Crippen LogP contribution in [0.15, 0.2) is 54.6 Å². The van der Waals surface area contributed by atoms with Crippen molar-refractivity contribution in [2.75, 3.05) is 15.5 Å². The zero-order valence-electron chi connectivity index (χ0n) is 15.6. The number of aromatic nitrogens is 1. The molecule has 4 rings (SSSR count). The number of hydrogen-bond donors (Lipinski definition) is 2. The van der Waals surface area contributed by atoms with E-state index in [1.165, 1.54) is 16.9 Å². The highest BCUT2D eigenvalue weighted by Gasteiger charge is 2.33. The summed E-state index contributed by atoms with van der Waals surface area (Å²) in [5, 5.41) is 5.86. The van der Waals surface area contributed by atoms with Gasteiger partial charge in [-0.15, -0.1) is 0 Å². The van der Waals surface area contributed by atoms with Crippen molar-refractivity contribution < 1.29 is 9.59 Å². The fraction of sp³-hybridized carbons (Fsp3) is 0.190. The lowest BCUT2D eigenvalue weighted by Gasteiger charge is -2.22. The molecule has 1 atom stereocenters. The second kappa shape index (κ2) is 7.44. The lowest BCUT2D eigenvalue weighted by atomic mass is 10.1. The number of carbonyl (C=O) groups excluding carboxylic acids is 2. The van der Waals surface area contributed by atoms with Crippen LogP contribution in [0.25, 0.3) is 0 Å². The highest BCUT2D eigenvalue weighted by Crippen LogP contribution is 2.35. The number of nitrogens with one attached hydrogen (secondary N) is 2. The lowest BCUT2D eigenvalue weighted by molar-refractivity contribution is 0.0984. The maximum atomic E-state index is 13.2. The van der Waals surface area contributed by atoms with Crippen LogP contribution in [0.3, 0.4) is 0 Å². The first kappa shape index (κ1) is 18.2. The van der Waals surface area contributed by atoms with Gasteiger partial charge in [0.2, 0.25) is 0 Å². The van der Waals surface area contributed by atoms with E-state index >= 15 is 0 Å². The second-order valence-corrected chi connectivity index (χ2v) is 7.73. The topological polar surface area (TPSA) is 74.3 Å². The summed E-state index contributed by atoms with van der Waals surface area (Å²) >= 11 is 1.20. The molecule has 0 saturated carbocycles. The average molecular weight is 392 g/mol. The van der Waals surface area contributed by atoms with E-state index in [1.807, 2.05) is 48.2 Å². The minimum Gasteiger partial charge on any atom is -0.308 e. The molecule has 0 fully saturated rings. The molecule has 3 aromatic rings. The summed E-state index contributed by atoms with van der Waals surface area (Å²) in [7, 11) is 0. The molecule has 2 heterocycles. The van der Waals surface area contributed by atoms with E-state index in [4.69, 9.17) is 0 Å². The number of hydrogen-bond acceptors (Lipinski definition) is 4. The molecule has 1 aliphatic rings. The molecule has 6 nitrogen and oxygen atoms in total. The molecule has 0 radical (unpaired) electrons. The highest BCUT2D eigenvalue weighted by molar-refractivity contribution is 7.17. The number of thiazole rings is 1. The lowest BCUT2D eigenvalue weighted by Crippen LogP contribution is -2.35. The predicted molar refractivity (Wildman–Crippen MR) is 112 cm³/mol. The summed E-state index contributed by atoms with van der Waals surface area (Å²) in [6, 6.07) is 16.8. The Kier molecular flexibility index (Phi) is 4.83. The summed E-state index contributed by atoms with van der Waals surface area (Å²) in [5.74, 6) is -0.0797. The van der Waals surface area contributed by atoms with E-state index < -0.39 is 0 Å². The average Bonchev–Trinajstić information content (AvgIpc) is 3.20. The van der Waals surface area contributed by atoms with Gasteiger partial charge in [0, 0.05) is 17.4 Å². The maximum absolute atomic E-state index is 13.2. The monoisotopic (exact) mass is 392 g/mol. The molecular formula is C21H20N4O2S. The fourth-order valence-corrected chi connectivity index (χ4v) is 4.31. The smallest absolute Gasteiger partial charge is 0.308 e. The number of benzene rings is 2. The Balaban J connectivity index is 1.51. The van der Waals surface area contributed by atoms with E-state index in [1.54, 1.807) is 19.1 Å². The van der Waals surface area contributed by atoms with Gasteiger partial charge in [0.25, 0.3) is 5.91 Å². The van der Waals surface area contributed by atoms with Gasteiger partial charge in [0.15, 0.2) is 5.13 Å². The Hall–Kier alpha value is -3.19. The van der Waals surface area contributed by atoms with Crippen molar-refractivity contribution in [1.82, 2.24) is 4.98 Å². The molecule has 28 heavy (non-hydrogen) atoms. The third kappa shape index (κ3) is 3.48. The van der Waals surface area contributed by atoms with E-state index in [0.29, 0.717) is 21.4 Å². The van der Waals surface area contributed by atoms with Crippen LogP contribution in [0.4, 0.5) is 21.3 Å². The van der Waals surface area contributed by atoms with E-state index in [9.17, 15) is 9.59 Å². The van der Waals surface area contributed by atoms with Gasteiger partial charge in [0.1, 0.15) is 4.88 Å². The van der Waals surface area contributed by atoms with Crippen LogP contribution >= 0.6 is 11.3 Å². The molecule has 1 unspecified atom stereocenters. The zero-order valence-corrected chi connectivity index (χ0v) is 16.4. The number of urea groups is 1. The van der Waals surface area contributed by atoms with Crippen molar-refractivity contribution in [2.24, 2.45) is 0 Å². The van der Waals surface area contributed by atoms with Crippen molar-refractivity contribution in [1.29, 1.82) is 0 Å². The number of amides is 3. The Morgan fingerprint density at radius 1 is 1.07 bits per heavy atom. The Morgan fingerprint density at radius 2 is 1.79 bits per heavy atom.